The van der Waals surface area contributed by atoms with Gasteiger partial charge in [-0.2, -0.15) is 0 Å². The first kappa shape index (κ1) is 38.1. The van der Waals surface area contributed by atoms with E-state index in [1.165, 1.54) is 14.2 Å². The number of fused-ring (bicyclic) bond motifs is 4. The number of ether oxygens (including phenoxy) is 2. The first-order chi connectivity index (χ1) is 25.7. The average Bonchev–Trinajstić information content (AvgIpc) is 3.60. The van der Waals surface area contributed by atoms with E-state index in [9.17, 15) is 19.2 Å². The molecule has 53 heavy (non-hydrogen) atoms. The Kier molecular flexibility index (Phi) is 12.8. The first-order valence-corrected chi connectivity index (χ1v) is 17.6. The van der Waals surface area contributed by atoms with Crippen molar-refractivity contribution in [3.63, 3.8) is 0 Å². The molecule has 278 valence electrons. The molecule has 5 aromatic rings. The monoisotopic (exact) mass is 722 g/mol. The summed E-state index contributed by atoms with van der Waals surface area (Å²) in [6, 6.07) is 20.7. The van der Waals surface area contributed by atoms with E-state index in [-0.39, 0.29) is 31.4 Å². The number of carbonyl (C=O) groups excluding carboxylic acids is 4. The molecule has 0 saturated carbocycles. The number of hydrogen-bond acceptors (Lipinski definition) is 9. The molecule has 14 nitrogen and oxygen atoms in total. The fraction of sp³-hybridized carbons (Fsp3) is 0.333. The molecule has 0 atom stereocenters. The van der Waals surface area contributed by atoms with Gasteiger partial charge in [0.05, 0.1) is 49.7 Å². The number of H-pyrrole nitrogens is 1. The number of anilines is 1. The van der Waals surface area contributed by atoms with Crippen LogP contribution < -0.4 is 16.0 Å². The number of benzene rings is 4. The standard InChI is InChI=1S/C39H46N8O6/c1-6-17-46(34(48)22-42-38(50)52-4)19-16-41-31-14-10-27-20-25(8-12-29(27)36(31)40-3)26-9-13-30-28(21-26)11-15-32-37(30)45-33(44-32)24-47(18-7-2)35(49)23-43-39(51)53-5/h8-16,20-21,40H,6-7,17-19,22-24H2,1-5H3,(H,42,50)(H,43,51)(H,44,45). The molecule has 0 saturated heterocycles. The van der Waals surface area contributed by atoms with Crippen molar-refractivity contribution in [1.82, 2.24) is 30.4 Å². The van der Waals surface area contributed by atoms with Crippen LogP contribution in [-0.2, 0) is 25.6 Å². The van der Waals surface area contributed by atoms with Crippen molar-refractivity contribution >= 4 is 74.2 Å². The van der Waals surface area contributed by atoms with E-state index in [4.69, 9.17) is 9.98 Å². The molecule has 4 aromatic carbocycles. The van der Waals surface area contributed by atoms with Gasteiger partial charge in [0.1, 0.15) is 18.9 Å². The van der Waals surface area contributed by atoms with Gasteiger partial charge in [-0.05, 0) is 59.0 Å². The summed E-state index contributed by atoms with van der Waals surface area (Å²) in [5, 5.41) is 12.3. The highest BCUT2D eigenvalue weighted by atomic mass is 16.5. The third-order valence-corrected chi connectivity index (χ3v) is 8.80. The number of aromatic amines is 1. The highest BCUT2D eigenvalue weighted by molar-refractivity contribution is 6.06. The SMILES string of the molecule is CCCN(CC=Nc1ccc2cc(-c3ccc4c(ccc5[nH]c(CN(CCC)C(=O)CNC(=O)OC)nc54)c3)ccc2c1NC)C(=O)CNC(=O)OC. The normalized spacial score (nSPS) is 11.2. The number of alkyl carbamates (subject to hydrolysis) is 2. The van der Waals surface area contributed by atoms with Crippen molar-refractivity contribution in [2.45, 2.75) is 33.2 Å². The van der Waals surface area contributed by atoms with Crippen LogP contribution >= 0.6 is 0 Å². The maximum absolute atomic E-state index is 12.8. The number of nitrogens with zero attached hydrogens (tertiary/aromatic N) is 4. The molecule has 4 amide bonds. The molecule has 14 heteroatoms. The minimum Gasteiger partial charge on any atom is -0.453 e. The molecular weight excluding hydrogens is 676 g/mol. The Labute approximate surface area is 307 Å². The number of carbonyl (C=O) groups is 4. The van der Waals surface area contributed by atoms with E-state index in [1.807, 2.05) is 39.1 Å². The summed E-state index contributed by atoms with van der Waals surface area (Å²) in [7, 11) is 4.37. The number of rotatable bonds is 15. The number of imidazole rings is 1. The summed E-state index contributed by atoms with van der Waals surface area (Å²) < 4.78 is 9.14. The van der Waals surface area contributed by atoms with Gasteiger partial charge in [0.15, 0.2) is 0 Å². The molecule has 1 aromatic heterocycles. The van der Waals surface area contributed by atoms with E-state index in [2.05, 4.69) is 72.9 Å². The van der Waals surface area contributed by atoms with E-state index >= 15 is 0 Å². The zero-order valence-corrected chi connectivity index (χ0v) is 30.7. The van der Waals surface area contributed by atoms with Crippen LogP contribution in [0.4, 0.5) is 21.0 Å². The second kappa shape index (κ2) is 17.8. The zero-order valence-electron chi connectivity index (χ0n) is 30.7. The number of aliphatic imine (C=N–C) groups is 1. The van der Waals surface area contributed by atoms with Crippen molar-refractivity contribution in [2.75, 3.05) is 59.3 Å². The van der Waals surface area contributed by atoms with Crippen LogP contribution in [-0.4, -0.2) is 104 Å². The highest BCUT2D eigenvalue weighted by Gasteiger charge is 2.18. The Bertz CT molecular complexity index is 2150. The number of amides is 4. The van der Waals surface area contributed by atoms with Gasteiger partial charge < -0.3 is 40.2 Å². The second-order valence-electron chi connectivity index (χ2n) is 12.4. The predicted octanol–water partition coefficient (Wildman–Crippen LogP) is 5.97. The summed E-state index contributed by atoms with van der Waals surface area (Å²) in [6.07, 6.45) is 1.94. The third-order valence-electron chi connectivity index (χ3n) is 8.80. The zero-order chi connectivity index (χ0) is 37.9. The van der Waals surface area contributed by atoms with Crippen LogP contribution in [0.25, 0.3) is 43.7 Å². The number of aromatic nitrogens is 2. The summed E-state index contributed by atoms with van der Waals surface area (Å²) in [5.41, 5.74) is 5.44. The smallest absolute Gasteiger partial charge is 0.407 e. The Balaban J connectivity index is 1.34. The van der Waals surface area contributed by atoms with Crippen molar-refractivity contribution in [2.24, 2.45) is 4.99 Å². The van der Waals surface area contributed by atoms with E-state index in [1.54, 1.807) is 16.0 Å². The van der Waals surface area contributed by atoms with E-state index in [0.717, 1.165) is 67.9 Å². The molecule has 0 aliphatic rings. The molecule has 0 spiro atoms. The minimum absolute atomic E-state index is 0.146. The largest absolute Gasteiger partial charge is 0.453 e. The molecule has 0 bridgehead atoms. The quantitative estimate of drug-likeness (QED) is 0.0958. The lowest BCUT2D eigenvalue weighted by atomic mass is 9.97. The Morgan fingerprint density at radius 3 is 2.00 bits per heavy atom. The fourth-order valence-corrected chi connectivity index (χ4v) is 6.21. The van der Waals surface area contributed by atoms with Crippen LogP contribution in [0, 0.1) is 0 Å². The highest BCUT2D eigenvalue weighted by Crippen LogP contribution is 2.36. The number of hydrogen-bond donors (Lipinski definition) is 4. The van der Waals surface area contributed by atoms with Crippen LogP contribution in [0.5, 0.6) is 0 Å². The number of methoxy groups -OCH3 is 2. The van der Waals surface area contributed by atoms with Crippen molar-refractivity contribution in [3.8, 4) is 11.1 Å². The lowest BCUT2D eigenvalue weighted by Gasteiger charge is -2.21. The molecule has 0 aliphatic carbocycles. The van der Waals surface area contributed by atoms with Gasteiger partial charge in [-0.3, -0.25) is 14.6 Å². The average molecular weight is 723 g/mol. The molecule has 4 N–H and O–H groups in total. The Morgan fingerprint density at radius 1 is 0.792 bits per heavy atom. The summed E-state index contributed by atoms with van der Waals surface area (Å²) in [5.74, 6) is 0.226. The molecule has 1 heterocycles. The molecule has 0 unspecified atom stereocenters. The summed E-state index contributed by atoms with van der Waals surface area (Å²) >= 11 is 0. The predicted molar refractivity (Wildman–Crippen MR) is 208 cm³/mol. The Morgan fingerprint density at radius 2 is 1.38 bits per heavy atom. The van der Waals surface area contributed by atoms with Gasteiger partial charge in [-0.1, -0.05) is 50.2 Å². The molecule has 0 aliphatic heterocycles. The van der Waals surface area contributed by atoms with Gasteiger partial charge >= 0.3 is 12.2 Å². The number of nitrogens with one attached hydrogen (secondary N) is 4. The first-order valence-electron chi connectivity index (χ1n) is 17.6. The molecule has 0 radical (unpaired) electrons. The van der Waals surface area contributed by atoms with Gasteiger partial charge in [0, 0.05) is 37.1 Å². The van der Waals surface area contributed by atoms with Crippen LogP contribution in [0.2, 0.25) is 0 Å². The lowest BCUT2D eigenvalue weighted by Crippen LogP contribution is -2.41. The van der Waals surface area contributed by atoms with Crippen molar-refractivity contribution < 1.29 is 28.7 Å². The maximum atomic E-state index is 12.8. The van der Waals surface area contributed by atoms with Gasteiger partial charge in [-0.15, -0.1) is 0 Å². The van der Waals surface area contributed by atoms with Crippen LogP contribution in [0.1, 0.15) is 32.5 Å². The van der Waals surface area contributed by atoms with E-state index < -0.39 is 12.2 Å². The minimum atomic E-state index is -0.651. The van der Waals surface area contributed by atoms with Gasteiger partial charge in [0.25, 0.3) is 0 Å². The van der Waals surface area contributed by atoms with Crippen molar-refractivity contribution in [1.29, 1.82) is 0 Å². The summed E-state index contributed by atoms with van der Waals surface area (Å²) in [6.45, 7) is 5.33. The fourth-order valence-electron chi connectivity index (χ4n) is 6.21. The molecule has 0 fully saturated rings. The molecular formula is C39H46N8O6. The van der Waals surface area contributed by atoms with Crippen molar-refractivity contribution in [3.05, 3.63) is 66.5 Å². The summed E-state index contributed by atoms with van der Waals surface area (Å²) in [4.78, 5) is 64.6. The molecule has 5 rings (SSSR count). The second-order valence-corrected chi connectivity index (χ2v) is 12.4. The topological polar surface area (TPSA) is 170 Å². The van der Waals surface area contributed by atoms with Gasteiger partial charge in [-0.25, -0.2) is 14.6 Å². The lowest BCUT2D eigenvalue weighted by molar-refractivity contribution is -0.131. The van der Waals surface area contributed by atoms with Crippen LogP contribution in [0.3, 0.4) is 0 Å². The van der Waals surface area contributed by atoms with E-state index in [0.29, 0.717) is 25.5 Å². The Hall–Kier alpha value is -6.18. The maximum Gasteiger partial charge on any atom is 0.407 e. The third kappa shape index (κ3) is 9.19. The van der Waals surface area contributed by atoms with Crippen LogP contribution in [0.15, 0.2) is 65.7 Å². The van der Waals surface area contributed by atoms with Gasteiger partial charge in [0.2, 0.25) is 11.8 Å².